The predicted octanol–water partition coefficient (Wildman–Crippen LogP) is 1.70. The zero-order chi connectivity index (χ0) is 14.0. The minimum Gasteiger partial charge on any atom is -0.398 e. The van der Waals surface area contributed by atoms with Gasteiger partial charge in [0.05, 0.1) is 17.3 Å². The van der Waals surface area contributed by atoms with Crippen LogP contribution in [0, 0.1) is 11.3 Å². The molecule has 0 radical (unpaired) electrons. The van der Waals surface area contributed by atoms with E-state index >= 15 is 0 Å². The molecule has 2 N–H and O–H groups in total. The Balaban J connectivity index is 2.42. The van der Waals surface area contributed by atoms with Crippen LogP contribution >= 0.6 is 0 Å². The minimum atomic E-state index is -3.57. The summed E-state index contributed by atoms with van der Waals surface area (Å²) in [4.78, 5) is 0.0975. The zero-order valence-electron chi connectivity index (χ0n) is 10.8. The lowest BCUT2D eigenvalue weighted by atomic mass is 10.1. The Kier molecular flexibility index (Phi) is 3.78. The maximum Gasteiger partial charge on any atom is 0.245 e. The van der Waals surface area contributed by atoms with Crippen LogP contribution in [0.25, 0.3) is 0 Å². The Bertz CT molecular complexity index is 619. The summed E-state index contributed by atoms with van der Waals surface area (Å²) >= 11 is 0. The molecule has 1 aromatic carbocycles. The fourth-order valence-electron chi connectivity index (χ4n) is 2.41. The molecule has 1 fully saturated rings. The average molecular weight is 279 g/mol. The second-order valence-electron chi connectivity index (χ2n) is 4.82. The average Bonchev–Trinajstić information content (AvgIpc) is 2.38. The van der Waals surface area contributed by atoms with Crippen molar-refractivity contribution in [2.75, 3.05) is 12.3 Å². The molecule has 0 spiro atoms. The molecule has 1 aliphatic rings. The second kappa shape index (κ2) is 5.19. The van der Waals surface area contributed by atoms with Crippen molar-refractivity contribution < 1.29 is 8.42 Å². The minimum absolute atomic E-state index is 0.00575. The van der Waals surface area contributed by atoms with E-state index < -0.39 is 10.0 Å². The molecule has 1 heterocycles. The first-order valence-electron chi connectivity index (χ1n) is 6.28. The zero-order valence-corrected chi connectivity index (χ0v) is 11.7. The van der Waals surface area contributed by atoms with Gasteiger partial charge in [0.15, 0.2) is 0 Å². The van der Waals surface area contributed by atoms with Gasteiger partial charge in [-0.25, -0.2) is 8.42 Å². The van der Waals surface area contributed by atoms with Gasteiger partial charge in [-0.1, -0.05) is 6.42 Å². The van der Waals surface area contributed by atoms with Crippen LogP contribution in [0.4, 0.5) is 5.69 Å². The first-order chi connectivity index (χ1) is 8.96. The third-order valence-corrected chi connectivity index (χ3v) is 5.56. The van der Waals surface area contributed by atoms with Crippen LogP contribution in [-0.4, -0.2) is 25.3 Å². The molecule has 2 rings (SSSR count). The number of sulfonamides is 1. The standard InChI is InChI=1S/C13H17N3O2S/c1-10-4-2-3-7-16(10)19(17,18)13-6-5-11(9-14)8-12(13)15/h5-6,8,10H,2-4,7,15H2,1H3. The van der Waals surface area contributed by atoms with Gasteiger partial charge in [-0.05, 0) is 38.0 Å². The van der Waals surface area contributed by atoms with Crippen LogP contribution in [0.1, 0.15) is 31.7 Å². The lowest BCUT2D eigenvalue weighted by molar-refractivity contribution is 0.269. The smallest absolute Gasteiger partial charge is 0.245 e. The van der Waals surface area contributed by atoms with Gasteiger partial charge >= 0.3 is 0 Å². The van der Waals surface area contributed by atoms with Crippen LogP contribution in [0.15, 0.2) is 23.1 Å². The van der Waals surface area contributed by atoms with Gasteiger partial charge in [-0.15, -0.1) is 0 Å². The molecule has 5 nitrogen and oxygen atoms in total. The number of nitriles is 1. The molecule has 1 aliphatic heterocycles. The maximum atomic E-state index is 12.6. The number of piperidine rings is 1. The molecule has 0 aromatic heterocycles. The molecule has 1 aromatic rings. The van der Waals surface area contributed by atoms with Crippen LogP contribution in [0.5, 0.6) is 0 Å². The quantitative estimate of drug-likeness (QED) is 0.835. The Morgan fingerprint density at radius 3 is 2.74 bits per heavy atom. The van der Waals surface area contributed by atoms with Gasteiger partial charge in [0.2, 0.25) is 10.0 Å². The van der Waals surface area contributed by atoms with Gasteiger partial charge in [0, 0.05) is 12.6 Å². The molecule has 1 saturated heterocycles. The van der Waals surface area contributed by atoms with Crippen molar-refractivity contribution >= 4 is 15.7 Å². The molecule has 0 saturated carbocycles. The van der Waals surface area contributed by atoms with Crippen LogP contribution in [0.2, 0.25) is 0 Å². The van der Waals surface area contributed by atoms with Crippen molar-refractivity contribution in [2.45, 2.75) is 37.1 Å². The molecule has 1 unspecified atom stereocenters. The number of rotatable bonds is 2. The SMILES string of the molecule is CC1CCCCN1S(=O)(=O)c1ccc(C#N)cc1N. The molecule has 6 heteroatoms. The van der Waals surface area contributed by atoms with E-state index in [4.69, 9.17) is 11.0 Å². The monoisotopic (exact) mass is 279 g/mol. The Hall–Kier alpha value is -1.58. The largest absolute Gasteiger partial charge is 0.398 e. The van der Waals surface area contributed by atoms with E-state index in [1.165, 1.54) is 22.5 Å². The van der Waals surface area contributed by atoms with Crippen molar-refractivity contribution in [1.82, 2.24) is 4.31 Å². The lowest BCUT2D eigenvalue weighted by Crippen LogP contribution is -2.42. The third kappa shape index (κ3) is 2.57. The first kappa shape index (κ1) is 13.8. The fraction of sp³-hybridized carbons (Fsp3) is 0.462. The number of nitrogens with two attached hydrogens (primary N) is 1. The first-order valence-corrected chi connectivity index (χ1v) is 7.72. The number of benzene rings is 1. The molecular weight excluding hydrogens is 262 g/mol. The number of nitrogens with zero attached hydrogens (tertiary/aromatic N) is 2. The number of hydrogen-bond acceptors (Lipinski definition) is 4. The molecule has 19 heavy (non-hydrogen) atoms. The van der Waals surface area contributed by atoms with Crippen LogP contribution in [-0.2, 0) is 10.0 Å². The van der Waals surface area contributed by atoms with E-state index in [2.05, 4.69) is 0 Å². The van der Waals surface area contributed by atoms with Gasteiger partial charge in [-0.3, -0.25) is 0 Å². The Morgan fingerprint density at radius 2 is 2.16 bits per heavy atom. The van der Waals surface area contributed by atoms with Crippen molar-refractivity contribution in [3.63, 3.8) is 0 Å². The summed E-state index contributed by atoms with van der Waals surface area (Å²) in [5, 5.41) is 8.78. The number of nitrogen functional groups attached to an aromatic ring is 1. The summed E-state index contributed by atoms with van der Waals surface area (Å²) in [6.45, 7) is 2.44. The highest BCUT2D eigenvalue weighted by atomic mass is 32.2. The normalized spacial score (nSPS) is 20.9. The van der Waals surface area contributed by atoms with E-state index in [-0.39, 0.29) is 16.6 Å². The fourth-order valence-corrected chi connectivity index (χ4v) is 4.21. The Labute approximate surface area is 113 Å². The Morgan fingerprint density at radius 1 is 1.42 bits per heavy atom. The van der Waals surface area contributed by atoms with E-state index in [1.807, 2.05) is 13.0 Å². The highest BCUT2D eigenvalue weighted by Gasteiger charge is 2.32. The van der Waals surface area contributed by atoms with Gasteiger partial charge < -0.3 is 5.73 Å². The van der Waals surface area contributed by atoms with E-state index in [0.717, 1.165) is 19.3 Å². The summed E-state index contributed by atoms with van der Waals surface area (Å²) < 4.78 is 26.7. The van der Waals surface area contributed by atoms with Crippen molar-refractivity contribution in [3.8, 4) is 6.07 Å². The molecule has 1 atom stereocenters. The third-order valence-electron chi connectivity index (χ3n) is 3.47. The molecule has 102 valence electrons. The van der Waals surface area contributed by atoms with Gasteiger partial charge in [0.25, 0.3) is 0 Å². The highest BCUT2D eigenvalue weighted by Crippen LogP contribution is 2.28. The number of hydrogen-bond donors (Lipinski definition) is 1. The summed E-state index contributed by atoms with van der Waals surface area (Å²) in [5.74, 6) is 0. The van der Waals surface area contributed by atoms with Gasteiger partial charge in [0.1, 0.15) is 4.90 Å². The summed E-state index contributed by atoms with van der Waals surface area (Å²) in [6, 6.07) is 6.25. The summed E-state index contributed by atoms with van der Waals surface area (Å²) in [7, 11) is -3.57. The lowest BCUT2D eigenvalue weighted by Gasteiger charge is -2.32. The highest BCUT2D eigenvalue weighted by molar-refractivity contribution is 7.89. The van der Waals surface area contributed by atoms with Crippen LogP contribution in [0.3, 0.4) is 0 Å². The molecule has 0 bridgehead atoms. The predicted molar refractivity (Wildman–Crippen MR) is 72.8 cm³/mol. The van der Waals surface area contributed by atoms with Crippen molar-refractivity contribution in [2.24, 2.45) is 0 Å². The summed E-state index contributed by atoms with van der Waals surface area (Å²) in [5.41, 5.74) is 6.28. The number of anilines is 1. The molecule has 0 amide bonds. The molecule has 0 aliphatic carbocycles. The topological polar surface area (TPSA) is 87.2 Å². The molecular formula is C13H17N3O2S. The van der Waals surface area contributed by atoms with E-state index in [9.17, 15) is 8.42 Å². The van der Waals surface area contributed by atoms with Crippen molar-refractivity contribution in [3.05, 3.63) is 23.8 Å². The van der Waals surface area contributed by atoms with E-state index in [1.54, 1.807) is 0 Å². The van der Waals surface area contributed by atoms with Gasteiger partial charge in [-0.2, -0.15) is 9.57 Å². The maximum absolute atomic E-state index is 12.6. The second-order valence-corrected chi connectivity index (χ2v) is 6.68. The summed E-state index contributed by atoms with van der Waals surface area (Å²) in [6.07, 6.45) is 2.80. The van der Waals surface area contributed by atoms with E-state index in [0.29, 0.717) is 12.1 Å². The van der Waals surface area contributed by atoms with Crippen LogP contribution < -0.4 is 5.73 Å². The van der Waals surface area contributed by atoms with Crippen molar-refractivity contribution in [1.29, 1.82) is 5.26 Å².